The number of carbonyl (C=O) groups is 3. The van der Waals surface area contributed by atoms with Crippen molar-refractivity contribution in [2.24, 2.45) is 0 Å². The summed E-state index contributed by atoms with van der Waals surface area (Å²) in [5.41, 5.74) is 3.60. The lowest BCUT2D eigenvalue weighted by molar-refractivity contribution is 0.0672. The molecule has 2 fully saturated rings. The molecule has 0 atom stereocenters. The van der Waals surface area contributed by atoms with E-state index in [1.807, 2.05) is 18.2 Å². The van der Waals surface area contributed by atoms with Gasteiger partial charge >= 0.3 is 12.1 Å². The maximum absolute atomic E-state index is 12.9. The van der Waals surface area contributed by atoms with E-state index in [0.717, 1.165) is 16.7 Å². The fourth-order valence-corrected chi connectivity index (χ4v) is 4.04. The third kappa shape index (κ3) is 3.82. The zero-order chi connectivity index (χ0) is 22.1. The van der Waals surface area contributed by atoms with Gasteiger partial charge in [0.15, 0.2) is 0 Å². The number of piperazine rings is 1. The first-order valence-electron chi connectivity index (χ1n) is 10.5. The second kappa shape index (κ2) is 8.22. The highest BCUT2D eigenvalue weighted by molar-refractivity contribution is 5.98. The molecule has 2 aliphatic rings. The van der Waals surface area contributed by atoms with Crippen LogP contribution in [0.2, 0.25) is 0 Å². The molecule has 2 aromatic carbocycles. The van der Waals surface area contributed by atoms with Crippen molar-refractivity contribution in [1.29, 1.82) is 0 Å². The average molecular weight is 433 g/mol. The van der Waals surface area contributed by atoms with Crippen LogP contribution in [0.5, 0.6) is 0 Å². The Morgan fingerprint density at radius 3 is 2.56 bits per heavy atom. The first-order valence-corrected chi connectivity index (χ1v) is 10.5. The van der Waals surface area contributed by atoms with E-state index in [1.54, 1.807) is 45.3 Å². The van der Waals surface area contributed by atoms with Gasteiger partial charge in [0.2, 0.25) is 0 Å². The van der Waals surface area contributed by atoms with Crippen LogP contribution in [0.1, 0.15) is 10.4 Å². The molecule has 0 aliphatic carbocycles. The molecular weight excluding hydrogens is 410 g/mol. The van der Waals surface area contributed by atoms with Crippen LogP contribution in [0.25, 0.3) is 11.0 Å². The summed E-state index contributed by atoms with van der Waals surface area (Å²) in [4.78, 5) is 49.8. The number of anilines is 2. The number of urea groups is 2. The lowest BCUT2D eigenvalue weighted by atomic mass is 10.1. The molecule has 32 heavy (non-hydrogen) atoms. The quantitative estimate of drug-likeness (QED) is 0.587. The van der Waals surface area contributed by atoms with Gasteiger partial charge in [0.1, 0.15) is 0 Å². The predicted octanol–water partition coefficient (Wildman–Crippen LogP) is 2.08. The molecule has 2 saturated heterocycles. The predicted molar refractivity (Wildman–Crippen MR) is 120 cm³/mol. The molecule has 2 aliphatic heterocycles. The Hall–Kier alpha value is -4.08. The van der Waals surface area contributed by atoms with E-state index in [2.05, 4.69) is 20.6 Å². The van der Waals surface area contributed by atoms with Gasteiger partial charge in [-0.15, -0.1) is 0 Å². The van der Waals surface area contributed by atoms with Crippen LogP contribution in [0.3, 0.4) is 0 Å². The van der Waals surface area contributed by atoms with Gasteiger partial charge in [0, 0.05) is 56.2 Å². The normalized spacial score (nSPS) is 16.4. The van der Waals surface area contributed by atoms with Crippen LogP contribution in [0.4, 0.5) is 21.0 Å². The molecule has 10 nitrogen and oxygen atoms in total. The standard InChI is InChI=1S/C22H23N7O3/c30-20(15-4-5-18-19(12-15)25-14-24-18)27-8-10-28(11-9-27)22(32)26-16-2-1-3-17(13-16)29-7-6-23-21(29)31/h1-5,12-14H,6-11H2,(H,23,31)(H,24,25)(H,26,32). The summed E-state index contributed by atoms with van der Waals surface area (Å²) in [7, 11) is 0. The summed E-state index contributed by atoms with van der Waals surface area (Å²) in [5.74, 6) is -0.0573. The molecular formula is C22H23N7O3. The monoisotopic (exact) mass is 433 g/mol. The largest absolute Gasteiger partial charge is 0.345 e. The summed E-state index contributed by atoms with van der Waals surface area (Å²) in [6.45, 7) is 3.01. The third-order valence-electron chi connectivity index (χ3n) is 5.79. The molecule has 0 unspecified atom stereocenters. The summed E-state index contributed by atoms with van der Waals surface area (Å²) in [6.07, 6.45) is 1.60. The number of H-pyrrole nitrogens is 1. The second-order valence-corrected chi connectivity index (χ2v) is 7.78. The molecule has 1 aromatic heterocycles. The Labute approximate surface area is 184 Å². The Bertz CT molecular complexity index is 1180. The van der Waals surface area contributed by atoms with Gasteiger partial charge in [-0.05, 0) is 36.4 Å². The van der Waals surface area contributed by atoms with E-state index >= 15 is 0 Å². The minimum absolute atomic E-state index is 0.0573. The van der Waals surface area contributed by atoms with Crippen molar-refractivity contribution in [3.63, 3.8) is 0 Å². The summed E-state index contributed by atoms with van der Waals surface area (Å²) in [6, 6.07) is 12.3. The molecule has 5 rings (SSSR count). The molecule has 3 aromatic rings. The highest BCUT2D eigenvalue weighted by Crippen LogP contribution is 2.21. The Balaban J connectivity index is 1.18. The number of fused-ring (bicyclic) bond motifs is 1. The molecule has 0 bridgehead atoms. The highest BCUT2D eigenvalue weighted by Gasteiger charge is 2.26. The summed E-state index contributed by atoms with van der Waals surface area (Å²) < 4.78 is 0. The number of aromatic nitrogens is 2. The van der Waals surface area contributed by atoms with E-state index in [4.69, 9.17) is 0 Å². The van der Waals surface area contributed by atoms with Gasteiger partial charge < -0.3 is 25.4 Å². The number of nitrogens with one attached hydrogen (secondary N) is 3. The van der Waals surface area contributed by atoms with Crippen molar-refractivity contribution < 1.29 is 14.4 Å². The third-order valence-corrected chi connectivity index (χ3v) is 5.79. The van der Waals surface area contributed by atoms with E-state index < -0.39 is 0 Å². The lowest BCUT2D eigenvalue weighted by Gasteiger charge is -2.34. The van der Waals surface area contributed by atoms with E-state index in [9.17, 15) is 14.4 Å². The Kier molecular flexibility index (Phi) is 5.10. The maximum atomic E-state index is 12.9. The first-order chi connectivity index (χ1) is 15.6. The van der Waals surface area contributed by atoms with Gasteiger partial charge in [-0.25, -0.2) is 14.6 Å². The fraction of sp³-hybridized carbons (Fsp3) is 0.273. The van der Waals surface area contributed by atoms with Gasteiger partial charge in [0.05, 0.1) is 17.4 Å². The molecule has 0 radical (unpaired) electrons. The van der Waals surface area contributed by atoms with Crippen LogP contribution < -0.4 is 15.5 Å². The van der Waals surface area contributed by atoms with Gasteiger partial charge in [-0.2, -0.15) is 0 Å². The number of hydrogen-bond donors (Lipinski definition) is 3. The van der Waals surface area contributed by atoms with Crippen LogP contribution >= 0.6 is 0 Å². The summed E-state index contributed by atoms with van der Waals surface area (Å²) >= 11 is 0. The number of hydrogen-bond acceptors (Lipinski definition) is 4. The van der Waals surface area contributed by atoms with Crippen LogP contribution in [0, 0.1) is 0 Å². The van der Waals surface area contributed by atoms with Gasteiger partial charge in [-0.3, -0.25) is 9.69 Å². The van der Waals surface area contributed by atoms with Crippen LogP contribution in [-0.2, 0) is 0 Å². The Morgan fingerprint density at radius 1 is 0.969 bits per heavy atom. The fourth-order valence-electron chi connectivity index (χ4n) is 4.04. The molecule has 10 heteroatoms. The van der Waals surface area contributed by atoms with Gasteiger partial charge in [-0.1, -0.05) is 6.07 Å². The highest BCUT2D eigenvalue weighted by atomic mass is 16.2. The molecule has 164 valence electrons. The zero-order valence-electron chi connectivity index (χ0n) is 17.4. The molecule has 3 heterocycles. The smallest absolute Gasteiger partial charge is 0.321 e. The van der Waals surface area contributed by atoms with Crippen LogP contribution in [0.15, 0.2) is 48.8 Å². The van der Waals surface area contributed by atoms with E-state index in [-0.39, 0.29) is 18.0 Å². The van der Waals surface area contributed by atoms with Crippen molar-refractivity contribution in [3.05, 3.63) is 54.4 Å². The maximum Gasteiger partial charge on any atom is 0.321 e. The van der Waals surface area contributed by atoms with Gasteiger partial charge in [0.25, 0.3) is 5.91 Å². The van der Waals surface area contributed by atoms with Crippen LogP contribution in [-0.4, -0.2) is 77.0 Å². The minimum Gasteiger partial charge on any atom is -0.345 e. The second-order valence-electron chi connectivity index (χ2n) is 7.78. The molecule has 0 spiro atoms. The summed E-state index contributed by atoms with van der Waals surface area (Å²) in [5, 5.41) is 5.66. The number of imidazole rings is 1. The number of rotatable bonds is 3. The number of carbonyl (C=O) groups excluding carboxylic acids is 3. The number of benzene rings is 2. The first kappa shape index (κ1) is 19.9. The number of aromatic amines is 1. The van der Waals surface area contributed by atoms with Crippen molar-refractivity contribution in [2.45, 2.75) is 0 Å². The number of nitrogens with zero attached hydrogens (tertiary/aromatic N) is 4. The van der Waals surface area contributed by atoms with Crippen molar-refractivity contribution >= 4 is 40.4 Å². The SMILES string of the molecule is O=C(Nc1cccc(N2CCNC2=O)c1)N1CCN(C(=O)c2ccc3nc[nH]c3c2)CC1. The molecule has 5 amide bonds. The van der Waals surface area contributed by atoms with Crippen molar-refractivity contribution in [1.82, 2.24) is 25.1 Å². The van der Waals surface area contributed by atoms with Crippen molar-refractivity contribution in [2.75, 3.05) is 49.5 Å². The average Bonchev–Trinajstić information content (AvgIpc) is 3.47. The molecule has 0 saturated carbocycles. The minimum atomic E-state index is -0.223. The van der Waals surface area contributed by atoms with E-state index in [0.29, 0.717) is 50.5 Å². The topological polar surface area (TPSA) is 114 Å². The zero-order valence-corrected chi connectivity index (χ0v) is 17.4. The molecule has 3 N–H and O–H groups in total. The Morgan fingerprint density at radius 2 is 1.78 bits per heavy atom. The number of amides is 5. The van der Waals surface area contributed by atoms with Crippen molar-refractivity contribution in [3.8, 4) is 0 Å². The van der Waals surface area contributed by atoms with E-state index in [1.165, 1.54) is 0 Å². The lowest BCUT2D eigenvalue weighted by Crippen LogP contribution is -2.51.